The monoisotopic (exact) mass is 264 g/mol. The predicted octanol–water partition coefficient (Wildman–Crippen LogP) is 3.55. The van der Waals surface area contributed by atoms with Crippen LogP contribution >= 0.6 is 0 Å². The Kier molecular flexibility index (Phi) is 4.70. The molecule has 0 spiro atoms. The SMILES string of the molecule is CCC(CC)(CC)c1cccc(C(=O)O)c1C(=O)O. The maximum absolute atomic E-state index is 11.5. The van der Waals surface area contributed by atoms with Gasteiger partial charge in [-0.3, -0.25) is 0 Å². The van der Waals surface area contributed by atoms with Gasteiger partial charge in [0.1, 0.15) is 0 Å². The minimum atomic E-state index is -1.20. The van der Waals surface area contributed by atoms with E-state index in [0.717, 1.165) is 19.3 Å². The van der Waals surface area contributed by atoms with Crippen LogP contribution < -0.4 is 0 Å². The minimum Gasteiger partial charge on any atom is -0.478 e. The molecule has 0 heterocycles. The summed E-state index contributed by atoms with van der Waals surface area (Å²) in [5, 5.41) is 18.5. The molecule has 2 N–H and O–H groups in total. The Morgan fingerprint density at radius 1 is 1.00 bits per heavy atom. The largest absolute Gasteiger partial charge is 0.478 e. The fraction of sp³-hybridized carbons (Fsp3) is 0.467. The van der Waals surface area contributed by atoms with E-state index in [2.05, 4.69) is 0 Å². The summed E-state index contributed by atoms with van der Waals surface area (Å²) in [5.41, 5.74) is 0.150. The lowest BCUT2D eigenvalue weighted by Gasteiger charge is -2.32. The summed E-state index contributed by atoms with van der Waals surface area (Å²) in [7, 11) is 0. The van der Waals surface area contributed by atoms with Crippen molar-refractivity contribution in [2.24, 2.45) is 0 Å². The first-order valence-electron chi connectivity index (χ1n) is 6.53. The highest BCUT2D eigenvalue weighted by atomic mass is 16.4. The van der Waals surface area contributed by atoms with Gasteiger partial charge in [-0.05, 0) is 36.3 Å². The average Bonchev–Trinajstić information content (AvgIpc) is 2.40. The zero-order valence-electron chi connectivity index (χ0n) is 11.6. The second-order valence-corrected chi connectivity index (χ2v) is 4.68. The zero-order chi connectivity index (χ0) is 14.6. The van der Waals surface area contributed by atoms with Gasteiger partial charge in [-0.2, -0.15) is 0 Å². The third-order valence-corrected chi connectivity index (χ3v) is 4.11. The summed E-state index contributed by atoms with van der Waals surface area (Å²) in [6.45, 7) is 6.02. The first kappa shape index (κ1) is 15.2. The molecule has 4 heteroatoms. The Balaban J connectivity index is 3.64. The summed E-state index contributed by atoms with van der Waals surface area (Å²) in [6.07, 6.45) is 2.34. The minimum absolute atomic E-state index is 0.0689. The van der Waals surface area contributed by atoms with Gasteiger partial charge in [0.2, 0.25) is 0 Å². The fourth-order valence-electron chi connectivity index (χ4n) is 2.72. The van der Waals surface area contributed by atoms with Crippen molar-refractivity contribution in [3.63, 3.8) is 0 Å². The number of hydrogen-bond acceptors (Lipinski definition) is 2. The van der Waals surface area contributed by atoms with Crippen LogP contribution in [0.3, 0.4) is 0 Å². The molecule has 1 aromatic carbocycles. The number of aromatic carboxylic acids is 2. The molecule has 0 aliphatic rings. The van der Waals surface area contributed by atoms with Crippen molar-refractivity contribution in [1.82, 2.24) is 0 Å². The molecule has 104 valence electrons. The maximum Gasteiger partial charge on any atom is 0.336 e. The van der Waals surface area contributed by atoms with Crippen LogP contribution in [0.2, 0.25) is 0 Å². The van der Waals surface area contributed by atoms with Crippen LogP contribution in [0, 0.1) is 0 Å². The molecule has 0 aromatic heterocycles. The Morgan fingerprint density at radius 2 is 1.53 bits per heavy atom. The number of carboxylic acid groups (broad SMARTS) is 2. The fourth-order valence-corrected chi connectivity index (χ4v) is 2.72. The molecule has 0 atom stereocenters. The van der Waals surface area contributed by atoms with Crippen molar-refractivity contribution >= 4 is 11.9 Å². The smallest absolute Gasteiger partial charge is 0.336 e. The standard InChI is InChI=1S/C15H20O4/c1-4-15(5-2,6-3)11-9-7-8-10(13(16)17)12(11)14(18)19/h7-9H,4-6H2,1-3H3,(H,16,17)(H,18,19). The van der Waals surface area contributed by atoms with Gasteiger partial charge in [0.05, 0.1) is 11.1 Å². The molecule has 0 aliphatic carbocycles. The van der Waals surface area contributed by atoms with E-state index in [9.17, 15) is 14.7 Å². The molecule has 1 aromatic rings. The maximum atomic E-state index is 11.5. The second kappa shape index (κ2) is 5.87. The molecule has 1 rings (SSSR count). The third kappa shape index (κ3) is 2.62. The highest BCUT2D eigenvalue weighted by molar-refractivity contribution is 6.03. The molecule has 19 heavy (non-hydrogen) atoms. The van der Waals surface area contributed by atoms with Crippen molar-refractivity contribution in [1.29, 1.82) is 0 Å². The Hall–Kier alpha value is -1.84. The quantitative estimate of drug-likeness (QED) is 0.824. The first-order valence-corrected chi connectivity index (χ1v) is 6.53. The summed E-state index contributed by atoms with van der Waals surface area (Å²) >= 11 is 0. The van der Waals surface area contributed by atoms with Gasteiger partial charge in [0.15, 0.2) is 0 Å². The number of benzene rings is 1. The average molecular weight is 264 g/mol. The van der Waals surface area contributed by atoms with Crippen LogP contribution in [0.5, 0.6) is 0 Å². The van der Waals surface area contributed by atoms with E-state index in [1.54, 1.807) is 12.1 Å². The molecule has 0 aliphatic heterocycles. The van der Waals surface area contributed by atoms with Crippen LogP contribution in [0.25, 0.3) is 0 Å². The number of carboxylic acids is 2. The normalized spacial score (nSPS) is 11.3. The molecule has 0 unspecified atom stereocenters. The van der Waals surface area contributed by atoms with Gasteiger partial charge in [-0.15, -0.1) is 0 Å². The summed E-state index contributed by atoms with van der Waals surface area (Å²) in [5.74, 6) is -2.37. The van der Waals surface area contributed by atoms with Crippen molar-refractivity contribution in [3.8, 4) is 0 Å². The first-order chi connectivity index (χ1) is 8.93. The zero-order valence-corrected chi connectivity index (χ0v) is 11.6. The van der Waals surface area contributed by atoms with Crippen LogP contribution in [0.1, 0.15) is 66.3 Å². The molecule has 0 fully saturated rings. The van der Waals surface area contributed by atoms with Gasteiger partial charge in [-0.1, -0.05) is 32.9 Å². The Labute approximate surface area is 113 Å². The lowest BCUT2D eigenvalue weighted by molar-refractivity contribution is 0.0648. The van der Waals surface area contributed by atoms with E-state index in [4.69, 9.17) is 5.11 Å². The number of rotatable bonds is 6. The lowest BCUT2D eigenvalue weighted by atomic mass is 9.71. The lowest BCUT2D eigenvalue weighted by Crippen LogP contribution is -2.27. The van der Waals surface area contributed by atoms with Gasteiger partial charge in [0, 0.05) is 0 Å². The molecule has 0 saturated carbocycles. The molecular weight excluding hydrogens is 244 g/mol. The van der Waals surface area contributed by atoms with Crippen LogP contribution in [0.4, 0.5) is 0 Å². The van der Waals surface area contributed by atoms with Crippen molar-refractivity contribution in [2.75, 3.05) is 0 Å². The van der Waals surface area contributed by atoms with Crippen LogP contribution in [0.15, 0.2) is 18.2 Å². The molecular formula is C15H20O4. The Bertz CT molecular complexity index is 479. The van der Waals surface area contributed by atoms with Crippen LogP contribution in [-0.2, 0) is 5.41 Å². The molecule has 0 saturated heterocycles. The van der Waals surface area contributed by atoms with Gasteiger partial charge >= 0.3 is 11.9 Å². The summed E-state index contributed by atoms with van der Waals surface area (Å²) in [6, 6.07) is 4.72. The van der Waals surface area contributed by atoms with Crippen molar-refractivity contribution in [3.05, 3.63) is 34.9 Å². The number of carbonyl (C=O) groups is 2. The van der Waals surface area contributed by atoms with E-state index in [-0.39, 0.29) is 16.5 Å². The third-order valence-electron chi connectivity index (χ3n) is 4.11. The van der Waals surface area contributed by atoms with E-state index in [1.807, 2.05) is 20.8 Å². The molecule has 0 amide bonds. The van der Waals surface area contributed by atoms with Crippen LogP contribution in [-0.4, -0.2) is 22.2 Å². The van der Waals surface area contributed by atoms with Crippen molar-refractivity contribution < 1.29 is 19.8 Å². The predicted molar refractivity (Wildman–Crippen MR) is 72.9 cm³/mol. The summed E-state index contributed by atoms with van der Waals surface area (Å²) < 4.78 is 0. The van der Waals surface area contributed by atoms with E-state index in [0.29, 0.717) is 5.56 Å². The molecule has 0 bridgehead atoms. The van der Waals surface area contributed by atoms with E-state index >= 15 is 0 Å². The highest BCUT2D eigenvalue weighted by Crippen LogP contribution is 2.38. The topological polar surface area (TPSA) is 74.6 Å². The van der Waals surface area contributed by atoms with Crippen molar-refractivity contribution in [2.45, 2.75) is 45.4 Å². The Morgan fingerprint density at radius 3 is 1.89 bits per heavy atom. The summed E-state index contributed by atoms with van der Waals surface area (Å²) in [4.78, 5) is 22.7. The molecule has 4 nitrogen and oxygen atoms in total. The highest BCUT2D eigenvalue weighted by Gasteiger charge is 2.33. The van der Waals surface area contributed by atoms with Gasteiger partial charge < -0.3 is 10.2 Å². The number of hydrogen-bond donors (Lipinski definition) is 2. The second-order valence-electron chi connectivity index (χ2n) is 4.68. The van der Waals surface area contributed by atoms with E-state index in [1.165, 1.54) is 6.07 Å². The van der Waals surface area contributed by atoms with E-state index < -0.39 is 11.9 Å². The van der Waals surface area contributed by atoms with Gasteiger partial charge in [-0.25, -0.2) is 9.59 Å². The molecule has 0 radical (unpaired) electrons. The van der Waals surface area contributed by atoms with Gasteiger partial charge in [0.25, 0.3) is 0 Å².